The highest BCUT2D eigenvalue weighted by Gasteiger charge is 2.29. The van der Waals surface area contributed by atoms with Crippen molar-refractivity contribution in [2.45, 2.75) is 59.1 Å². The molecule has 1 aliphatic rings. The number of rotatable bonds is 10. The van der Waals surface area contributed by atoms with E-state index in [2.05, 4.69) is 40.2 Å². The van der Waals surface area contributed by atoms with E-state index in [0.717, 1.165) is 18.9 Å². The summed E-state index contributed by atoms with van der Waals surface area (Å²) in [5.41, 5.74) is 1.49. The number of aryl methyl sites for hydroxylation is 1. The van der Waals surface area contributed by atoms with Crippen molar-refractivity contribution in [3.05, 3.63) is 17.6 Å². The smallest absolute Gasteiger partial charge is 0.341 e. The Balaban J connectivity index is 1.94. The van der Waals surface area contributed by atoms with E-state index in [1.54, 1.807) is 18.4 Å². The molecule has 2 aromatic rings. The molecule has 1 aliphatic carbocycles. The molecule has 29 heavy (non-hydrogen) atoms. The van der Waals surface area contributed by atoms with Gasteiger partial charge in [0.1, 0.15) is 18.0 Å². The second-order valence-electron chi connectivity index (χ2n) is 8.46. The highest BCUT2D eigenvalue weighted by molar-refractivity contribution is 6.76. The molecule has 1 saturated carbocycles. The zero-order chi connectivity index (χ0) is 21.0. The van der Waals surface area contributed by atoms with Crippen molar-refractivity contribution in [1.29, 1.82) is 0 Å². The number of esters is 1. The molecule has 0 aromatic carbocycles. The largest absolute Gasteiger partial charge is 0.462 e. The van der Waals surface area contributed by atoms with Crippen LogP contribution >= 0.6 is 0 Å². The molecule has 0 radical (unpaired) electrons. The number of carbonyl (C=O) groups excluding carboxylic acids is 1. The SMILES string of the molecule is CCOC(=O)/C(=C\C1CC1)c1nnc(-c2nonc2C)n1COCC[Si](C)(C)C. The Hall–Kier alpha value is -2.33. The molecule has 2 aromatic heterocycles. The first-order valence-electron chi connectivity index (χ1n) is 10.00. The number of ether oxygens (including phenoxy) is 2. The molecule has 10 heteroatoms. The van der Waals surface area contributed by atoms with Crippen LogP contribution in [0, 0.1) is 12.8 Å². The Kier molecular flexibility index (Phi) is 6.63. The maximum absolute atomic E-state index is 12.6. The number of carbonyl (C=O) groups is 1. The summed E-state index contributed by atoms with van der Waals surface area (Å²) in [5.74, 6) is 0.835. The summed E-state index contributed by atoms with van der Waals surface area (Å²) in [5, 5.41) is 16.3. The minimum atomic E-state index is -1.22. The van der Waals surface area contributed by atoms with Gasteiger partial charge in [-0.15, -0.1) is 10.2 Å². The van der Waals surface area contributed by atoms with Gasteiger partial charge in [0, 0.05) is 14.7 Å². The molecule has 0 N–H and O–H groups in total. The van der Waals surface area contributed by atoms with E-state index in [9.17, 15) is 4.79 Å². The van der Waals surface area contributed by atoms with Gasteiger partial charge >= 0.3 is 5.97 Å². The number of aromatic nitrogens is 5. The van der Waals surface area contributed by atoms with Gasteiger partial charge in [-0.25, -0.2) is 9.42 Å². The maximum atomic E-state index is 12.6. The molecule has 0 atom stereocenters. The Bertz CT molecular complexity index is 880. The number of hydrogen-bond donors (Lipinski definition) is 0. The van der Waals surface area contributed by atoms with Gasteiger partial charge in [-0.2, -0.15) is 0 Å². The van der Waals surface area contributed by atoms with Gasteiger partial charge in [0.15, 0.2) is 17.3 Å². The average molecular weight is 420 g/mol. The van der Waals surface area contributed by atoms with E-state index >= 15 is 0 Å². The normalized spacial score (nSPS) is 15.0. The minimum Gasteiger partial charge on any atom is -0.462 e. The van der Waals surface area contributed by atoms with E-state index < -0.39 is 14.0 Å². The van der Waals surface area contributed by atoms with Crippen LogP contribution in [0.5, 0.6) is 0 Å². The van der Waals surface area contributed by atoms with Crippen molar-refractivity contribution in [1.82, 2.24) is 25.1 Å². The molecule has 0 spiro atoms. The Labute approximate surface area is 171 Å². The lowest BCUT2D eigenvalue weighted by Crippen LogP contribution is -2.22. The standard InChI is InChI=1S/C19H29N5O4Si/c1-6-27-19(25)15(11-14-7-8-14)17-20-21-18(16-13(2)22-28-23-16)24(17)12-26-9-10-29(3,4)5/h11,14H,6-10,12H2,1-5H3/b15-11-. The predicted molar refractivity (Wildman–Crippen MR) is 109 cm³/mol. The summed E-state index contributed by atoms with van der Waals surface area (Å²) < 4.78 is 17.8. The van der Waals surface area contributed by atoms with Crippen molar-refractivity contribution >= 4 is 19.6 Å². The third-order valence-corrected chi connectivity index (χ3v) is 6.30. The molecule has 2 heterocycles. The van der Waals surface area contributed by atoms with Gasteiger partial charge in [0.2, 0.25) is 0 Å². The number of nitrogens with zero attached hydrogens (tertiary/aromatic N) is 5. The molecule has 158 valence electrons. The monoisotopic (exact) mass is 419 g/mol. The van der Waals surface area contributed by atoms with Gasteiger partial charge in [0.05, 0.1) is 6.61 Å². The van der Waals surface area contributed by atoms with Crippen LogP contribution in [0.2, 0.25) is 25.7 Å². The van der Waals surface area contributed by atoms with E-state index in [1.165, 1.54) is 0 Å². The molecule has 0 amide bonds. The fraction of sp³-hybridized carbons (Fsp3) is 0.632. The summed E-state index contributed by atoms with van der Waals surface area (Å²) >= 11 is 0. The molecule has 3 rings (SSSR count). The summed E-state index contributed by atoms with van der Waals surface area (Å²) in [7, 11) is -1.22. The topological polar surface area (TPSA) is 105 Å². The van der Waals surface area contributed by atoms with Crippen LogP contribution in [0.3, 0.4) is 0 Å². The van der Waals surface area contributed by atoms with Crippen LogP contribution in [0.15, 0.2) is 10.7 Å². The van der Waals surface area contributed by atoms with Gasteiger partial charge in [-0.3, -0.25) is 4.57 Å². The first-order chi connectivity index (χ1) is 13.8. The minimum absolute atomic E-state index is 0.204. The van der Waals surface area contributed by atoms with Gasteiger partial charge in [-0.05, 0) is 43.8 Å². The van der Waals surface area contributed by atoms with Crippen LogP contribution in [0.25, 0.3) is 17.1 Å². The van der Waals surface area contributed by atoms with Gasteiger partial charge in [0.25, 0.3) is 0 Å². The molecule has 0 bridgehead atoms. The lowest BCUT2D eigenvalue weighted by Gasteiger charge is -2.16. The fourth-order valence-electron chi connectivity index (χ4n) is 2.71. The average Bonchev–Trinajstić information content (AvgIpc) is 3.23. The molecule has 0 unspecified atom stereocenters. The summed E-state index contributed by atoms with van der Waals surface area (Å²) in [6.07, 6.45) is 4.05. The Morgan fingerprint density at radius 2 is 2.03 bits per heavy atom. The summed E-state index contributed by atoms with van der Waals surface area (Å²) in [6.45, 7) is 11.6. The highest BCUT2D eigenvalue weighted by Crippen LogP contribution is 2.34. The highest BCUT2D eigenvalue weighted by atomic mass is 28.3. The lowest BCUT2D eigenvalue weighted by atomic mass is 10.2. The quantitative estimate of drug-likeness (QED) is 0.250. The third-order valence-electron chi connectivity index (χ3n) is 4.59. The van der Waals surface area contributed by atoms with Crippen LogP contribution < -0.4 is 0 Å². The van der Waals surface area contributed by atoms with E-state index in [1.807, 2.05) is 6.08 Å². The molecule has 9 nitrogen and oxygen atoms in total. The van der Waals surface area contributed by atoms with Gasteiger partial charge in [-0.1, -0.05) is 30.9 Å². The molecular weight excluding hydrogens is 390 g/mol. The Morgan fingerprint density at radius 3 is 2.62 bits per heavy atom. The summed E-state index contributed by atoms with van der Waals surface area (Å²) in [4.78, 5) is 12.6. The van der Waals surface area contributed by atoms with Crippen molar-refractivity contribution in [2.75, 3.05) is 13.2 Å². The molecule has 0 aliphatic heterocycles. The number of allylic oxidation sites excluding steroid dienone is 1. The lowest BCUT2D eigenvalue weighted by molar-refractivity contribution is -0.136. The maximum Gasteiger partial charge on any atom is 0.341 e. The first-order valence-corrected chi connectivity index (χ1v) is 13.7. The van der Waals surface area contributed by atoms with Crippen molar-refractivity contribution in [2.24, 2.45) is 5.92 Å². The summed E-state index contributed by atoms with van der Waals surface area (Å²) in [6, 6.07) is 1.03. The van der Waals surface area contributed by atoms with Crippen LogP contribution in [-0.2, 0) is 21.0 Å². The van der Waals surface area contributed by atoms with Crippen LogP contribution in [0.4, 0.5) is 0 Å². The van der Waals surface area contributed by atoms with E-state index in [4.69, 9.17) is 14.1 Å². The second-order valence-corrected chi connectivity index (χ2v) is 14.1. The van der Waals surface area contributed by atoms with Crippen molar-refractivity contribution in [3.63, 3.8) is 0 Å². The molecule has 1 fully saturated rings. The van der Waals surface area contributed by atoms with Crippen molar-refractivity contribution in [3.8, 4) is 11.5 Å². The van der Waals surface area contributed by atoms with E-state index in [0.29, 0.717) is 47.7 Å². The van der Waals surface area contributed by atoms with Crippen molar-refractivity contribution < 1.29 is 18.9 Å². The second kappa shape index (κ2) is 9.00. The first kappa shape index (κ1) is 21.4. The van der Waals surface area contributed by atoms with E-state index in [-0.39, 0.29) is 6.73 Å². The number of hydrogen-bond acceptors (Lipinski definition) is 8. The van der Waals surface area contributed by atoms with Gasteiger partial charge < -0.3 is 9.47 Å². The zero-order valence-corrected chi connectivity index (χ0v) is 18.8. The van der Waals surface area contributed by atoms with Crippen LogP contribution in [-0.4, -0.2) is 52.3 Å². The fourth-order valence-corrected chi connectivity index (χ4v) is 3.47. The molecule has 0 saturated heterocycles. The zero-order valence-electron chi connectivity index (χ0n) is 17.8. The predicted octanol–water partition coefficient (Wildman–Crippen LogP) is 3.31. The van der Waals surface area contributed by atoms with Crippen LogP contribution in [0.1, 0.15) is 31.3 Å². The molecular formula is C19H29N5O4Si. The Morgan fingerprint density at radius 1 is 1.28 bits per heavy atom. The third kappa shape index (κ3) is 5.60.